The van der Waals surface area contributed by atoms with Gasteiger partial charge in [-0.3, -0.25) is 4.79 Å². The summed E-state index contributed by atoms with van der Waals surface area (Å²) in [6, 6.07) is 0.306. The van der Waals surface area contributed by atoms with Gasteiger partial charge in [0.15, 0.2) is 0 Å². The predicted molar refractivity (Wildman–Crippen MR) is 80.2 cm³/mol. The molecule has 0 aromatic heterocycles. The Morgan fingerprint density at radius 2 is 2.05 bits per heavy atom. The summed E-state index contributed by atoms with van der Waals surface area (Å²) in [4.78, 5) is 14.4. The third-order valence-corrected chi connectivity index (χ3v) is 6.33. The molecule has 3 rings (SSSR count). The number of hydrogen-bond donors (Lipinski definition) is 1. The SMILES string of the molecule is CS(=O)(=O)N1CCCC(CN2CC3NCCCC3C2=O)C1. The molecule has 3 saturated heterocycles. The van der Waals surface area contributed by atoms with E-state index in [4.69, 9.17) is 0 Å². The minimum Gasteiger partial charge on any atom is -0.340 e. The quantitative estimate of drug-likeness (QED) is 0.787. The largest absolute Gasteiger partial charge is 0.340 e. The highest BCUT2D eigenvalue weighted by molar-refractivity contribution is 7.88. The highest BCUT2D eigenvalue weighted by atomic mass is 32.2. The Hall–Kier alpha value is -0.660. The number of likely N-dealkylation sites (tertiary alicyclic amines) is 1. The summed E-state index contributed by atoms with van der Waals surface area (Å²) in [7, 11) is -3.11. The maximum absolute atomic E-state index is 12.4. The average Bonchev–Trinajstić information content (AvgIpc) is 2.75. The number of fused-ring (bicyclic) bond motifs is 1. The van der Waals surface area contributed by atoms with Gasteiger partial charge in [0.05, 0.1) is 12.2 Å². The fraction of sp³-hybridized carbons (Fsp3) is 0.929. The van der Waals surface area contributed by atoms with Crippen LogP contribution in [0.2, 0.25) is 0 Å². The molecule has 0 bridgehead atoms. The van der Waals surface area contributed by atoms with Crippen LogP contribution >= 0.6 is 0 Å². The highest BCUT2D eigenvalue weighted by Gasteiger charge is 2.42. The van der Waals surface area contributed by atoms with Crippen LogP contribution in [-0.4, -0.2) is 68.6 Å². The van der Waals surface area contributed by atoms with E-state index >= 15 is 0 Å². The third kappa shape index (κ3) is 3.24. The van der Waals surface area contributed by atoms with Crippen LogP contribution in [0.15, 0.2) is 0 Å². The molecule has 3 atom stereocenters. The van der Waals surface area contributed by atoms with E-state index in [1.165, 1.54) is 6.26 Å². The van der Waals surface area contributed by atoms with E-state index < -0.39 is 10.0 Å². The lowest BCUT2D eigenvalue weighted by molar-refractivity contribution is -0.132. The minimum absolute atomic E-state index is 0.147. The molecule has 120 valence electrons. The molecule has 1 amide bonds. The van der Waals surface area contributed by atoms with Gasteiger partial charge in [-0.1, -0.05) is 0 Å². The molecule has 3 aliphatic heterocycles. The number of hydrogen-bond acceptors (Lipinski definition) is 4. The van der Waals surface area contributed by atoms with Gasteiger partial charge in [0.1, 0.15) is 0 Å². The average molecular weight is 315 g/mol. The Bertz CT molecular complexity index is 508. The second-order valence-corrected chi connectivity index (χ2v) is 8.66. The first-order valence-electron chi connectivity index (χ1n) is 7.92. The summed E-state index contributed by atoms with van der Waals surface area (Å²) in [6.45, 7) is 3.69. The number of piperidine rings is 2. The molecule has 3 fully saturated rings. The Morgan fingerprint density at radius 1 is 1.24 bits per heavy atom. The molecule has 7 heteroatoms. The van der Waals surface area contributed by atoms with E-state index in [0.29, 0.717) is 25.7 Å². The number of rotatable bonds is 3. The Labute approximate surface area is 126 Å². The molecular formula is C14H25N3O3S. The van der Waals surface area contributed by atoms with Crippen LogP contribution in [0.3, 0.4) is 0 Å². The highest BCUT2D eigenvalue weighted by Crippen LogP contribution is 2.28. The zero-order valence-corrected chi connectivity index (χ0v) is 13.4. The Balaban J connectivity index is 1.60. The van der Waals surface area contributed by atoms with Crippen molar-refractivity contribution in [3.8, 4) is 0 Å². The van der Waals surface area contributed by atoms with Crippen LogP contribution in [0.4, 0.5) is 0 Å². The summed E-state index contributed by atoms with van der Waals surface area (Å²) in [5, 5.41) is 3.44. The first kappa shape index (κ1) is 15.2. The van der Waals surface area contributed by atoms with Crippen molar-refractivity contribution in [2.24, 2.45) is 11.8 Å². The van der Waals surface area contributed by atoms with Crippen molar-refractivity contribution < 1.29 is 13.2 Å². The topological polar surface area (TPSA) is 69.7 Å². The van der Waals surface area contributed by atoms with Crippen LogP contribution in [0, 0.1) is 11.8 Å². The van der Waals surface area contributed by atoms with E-state index in [1.807, 2.05) is 4.90 Å². The summed E-state index contributed by atoms with van der Waals surface area (Å²) in [6.07, 6.45) is 5.25. The molecule has 3 heterocycles. The van der Waals surface area contributed by atoms with Gasteiger partial charge in [0.2, 0.25) is 15.9 Å². The maximum atomic E-state index is 12.4. The molecule has 0 spiro atoms. The van der Waals surface area contributed by atoms with E-state index in [0.717, 1.165) is 38.8 Å². The molecule has 0 aromatic carbocycles. The lowest BCUT2D eigenvalue weighted by Crippen LogP contribution is -2.44. The van der Waals surface area contributed by atoms with E-state index in [2.05, 4.69) is 5.32 Å². The number of carbonyl (C=O) groups excluding carboxylic acids is 1. The van der Waals surface area contributed by atoms with Gasteiger partial charge in [-0.15, -0.1) is 0 Å². The molecule has 3 unspecified atom stereocenters. The van der Waals surface area contributed by atoms with E-state index in [1.54, 1.807) is 4.31 Å². The van der Waals surface area contributed by atoms with Gasteiger partial charge in [0, 0.05) is 32.2 Å². The van der Waals surface area contributed by atoms with Crippen LogP contribution in [0.25, 0.3) is 0 Å². The van der Waals surface area contributed by atoms with Crippen LogP contribution in [0.1, 0.15) is 25.7 Å². The monoisotopic (exact) mass is 315 g/mol. The molecule has 1 N–H and O–H groups in total. The van der Waals surface area contributed by atoms with E-state index in [-0.39, 0.29) is 17.7 Å². The zero-order chi connectivity index (χ0) is 15.0. The molecule has 21 heavy (non-hydrogen) atoms. The Morgan fingerprint density at radius 3 is 2.76 bits per heavy atom. The first-order chi connectivity index (χ1) is 9.95. The number of amides is 1. The molecule has 0 aromatic rings. The molecule has 0 saturated carbocycles. The zero-order valence-electron chi connectivity index (χ0n) is 12.6. The summed E-state index contributed by atoms with van der Waals surface area (Å²) >= 11 is 0. The standard InChI is InChI=1S/C14H25N3O3S/c1-21(19,20)17-7-3-4-11(9-17)8-16-10-13-12(14(16)18)5-2-6-15-13/h11-13,15H,2-10H2,1H3. The summed E-state index contributed by atoms with van der Waals surface area (Å²) in [5.41, 5.74) is 0. The first-order valence-corrected chi connectivity index (χ1v) is 9.77. The number of sulfonamides is 1. The molecule has 0 aliphatic carbocycles. The lowest BCUT2D eigenvalue weighted by Gasteiger charge is -2.33. The van der Waals surface area contributed by atoms with Crippen LogP contribution in [-0.2, 0) is 14.8 Å². The van der Waals surface area contributed by atoms with Gasteiger partial charge in [0.25, 0.3) is 0 Å². The van der Waals surface area contributed by atoms with Crippen molar-refractivity contribution in [2.45, 2.75) is 31.7 Å². The Kier molecular flexibility index (Phi) is 4.25. The van der Waals surface area contributed by atoms with Crippen molar-refractivity contribution in [3.63, 3.8) is 0 Å². The molecule has 3 aliphatic rings. The smallest absolute Gasteiger partial charge is 0.227 e. The van der Waals surface area contributed by atoms with Gasteiger partial charge >= 0.3 is 0 Å². The number of nitrogens with zero attached hydrogens (tertiary/aromatic N) is 2. The van der Waals surface area contributed by atoms with Crippen molar-refractivity contribution in [1.82, 2.24) is 14.5 Å². The molecule has 0 radical (unpaired) electrons. The number of nitrogens with one attached hydrogen (secondary N) is 1. The molecular weight excluding hydrogens is 290 g/mol. The number of carbonyl (C=O) groups is 1. The van der Waals surface area contributed by atoms with Crippen molar-refractivity contribution in [3.05, 3.63) is 0 Å². The van der Waals surface area contributed by atoms with Crippen molar-refractivity contribution in [1.29, 1.82) is 0 Å². The lowest BCUT2D eigenvalue weighted by atomic mass is 9.93. The summed E-state index contributed by atoms with van der Waals surface area (Å²) in [5.74, 6) is 0.689. The third-order valence-electron chi connectivity index (χ3n) is 5.06. The summed E-state index contributed by atoms with van der Waals surface area (Å²) < 4.78 is 24.9. The van der Waals surface area contributed by atoms with Crippen molar-refractivity contribution >= 4 is 15.9 Å². The fourth-order valence-electron chi connectivity index (χ4n) is 3.96. The minimum atomic E-state index is -3.11. The predicted octanol–water partition coefficient (Wildman–Crippen LogP) is -0.132. The van der Waals surface area contributed by atoms with Gasteiger partial charge < -0.3 is 10.2 Å². The normalized spacial score (nSPS) is 35.0. The van der Waals surface area contributed by atoms with Gasteiger partial charge in [-0.05, 0) is 38.1 Å². The van der Waals surface area contributed by atoms with E-state index in [9.17, 15) is 13.2 Å². The van der Waals surface area contributed by atoms with Crippen LogP contribution < -0.4 is 5.32 Å². The van der Waals surface area contributed by atoms with Gasteiger partial charge in [-0.2, -0.15) is 0 Å². The van der Waals surface area contributed by atoms with Crippen LogP contribution in [0.5, 0.6) is 0 Å². The second kappa shape index (κ2) is 5.85. The van der Waals surface area contributed by atoms with Gasteiger partial charge in [-0.25, -0.2) is 12.7 Å². The maximum Gasteiger partial charge on any atom is 0.227 e. The second-order valence-electron chi connectivity index (χ2n) is 6.68. The van der Waals surface area contributed by atoms with Crippen molar-refractivity contribution in [2.75, 3.05) is 39.0 Å². The fourth-order valence-corrected chi connectivity index (χ4v) is 4.90. The molecule has 6 nitrogen and oxygen atoms in total.